The second kappa shape index (κ2) is 13.5. The molecule has 1 aliphatic rings. The smallest absolute Gasteiger partial charge is 0.343 e. The monoisotopic (exact) mass is 531 g/mol. The Kier molecular flexibility index (Phi) is 9.12. The topological polar surface area (TPSA) is 71.0 Å². The number of hydrogen-bond donors (Lipinski definition) is 1. The first-order chi connectivity index (χ1) is 19.6. The van der Waals surface area contributed by atoms with Gasteiger partial charge in [-0.2, -0.15) is 5.10 Å². The van der Waals surface area contributed by atoms with Crippen LogP contribution in [0.2, 0.25) is 0 Å². The minimum atomic E-state index is -0.413. The van der Waals surface area contributed by atoms with Gasteiger partial charge in [-0.1, -0.05) is 60.7 Å². The molecule has 1 aliphatic heterocycles. The molecule has 1 saturated heterocycles. The first-order valence-electron chi connectivity index (χ1n) is 13.7. The molecule has 0 radical (unpaired) electrons. The van der Waals surface area contributed by atoms with Crippen LogP contribution in [0.4, 0.5) is 0 Å². The molecule has 40 heavy (non-hydrogen) atoms. The highest BCUT2D eigenvalue weighted by molar-refractivity contribution is 5.95. The minimum Gasteiger partial charge on any atom is -0.423 e. The van der Waals surface area contributed by atoms with Gasteiger partial charge in [-0.3, -0.25) is 9.69 Å². The fourth-order valence-electron chi connectivity index (χ4n) is 4.91. The standard InChI is InChI=1S/C34H33N3O3/c38-33(36-35-24-28-13-17-32(18-14-28)40-34(39)31-9-5-2-6-10-31)30-15-11-29(12-16-30)25-37-21-19-27(20-22-37)23-26-7-3-1-4-8-26/h1-18,24,27H,19-23,25H2,(H,36,38)/b35-24-. The van der Waals surface area contributed by atoms with Gasteiger partial charge >= 0.3 is 5.97 Å². The van der Waals surface area contributed by atoms with E-state index in [-0.39, 0.29) is 5.91 Å². The van der Waals surface area contributed by atoms with Crippen molar-refractivity contribution in [3.05, 3.63) is 137 Å². The summed E-state index contributed by atoms with van der Waals surface area (Å²) in [7, 11) is 0. The average molecular weight is 532 g/mol. The van der Waals surface area contributed by atoms with Crippen LogP contribution in [0.5, 0.6) is 5.75 Å². The fourth-order valence-corrected chi connectivity index (χ4v) is 4.91. The maximum atomic E-state index is 12.5. The van der Waals surface area contributed by atoms with E-state index in [0.717, 1.165) is 37.5 Å². The summed E-state index contributed by atoms with van der Waals surface area (Å²) in [5, 5.41) is 4.07. The van der Waals surface area contributed by atoms with Gasteiger partial charge in [0, 0.05) is 12.1 Å². The average Bonchev–Trinajstić information content (AvgIpc) is 3.00. The van der Waals surface area contributed by atoms with Crippen LogP contribution in [0.25, 0.3) is 0 Å². The lowest BCUT2D eigenvalue weighted by Gasteiger charge is -2.32. The highest BCUT2D eigenvalue weighted by Gasteiger charge is 2.19. The van der Waals surface area contributed by atoms with Crippen LogP contribution in [0.3, 0.4) is 0 Å². The Balaban J connectivity index is 1.05. The normalized spacial score (nSPS) is 14.2. The van der Waals surface area contributed by atoms with Crippen molar-refractivity contribution >= 4 is 18.1 Å². The number of hydrogen-bond acceptors (Lipinski definition) is 5. The number of ether oxygens (including phenoxy) is 1. The number of nitrogens with zero attached hydrogens (tertiary/aromatic N) is 2. The number of esters is 1. The molecule has 0 aliphatic carbocycles. The highest BCUT2D eigenvalue weighted by Crippen LogP contribution is 2.23. The maximum absolute atomic E-state index is 12.5. The van der Waals surface area contributed by atoms with E-state index < -0.39 is 5.97 Å². The number of carbonyl (C=O) groups is 2. The van der Waals surface area contributed by atoms with Crippen molar-refractivity contribution in [1.29, 1.82) is 0 Å². The molecule has 0 bridgehead atoms. The number of rotatable bonds is 9. The Morgan fingerprint density at radius 2 is 1.43 bits per heavy atom. The van der Waals surface area contributed by atoms with Crippen LogP contribution in [0.15, 0.2) is 114 Å². The minimum absolute atomic E-state index is 0.266. The zero-order valence-corrected chi connectivity index (χ0v) is 22.4. The Morgan fingerprint density at radius 3 is 2.10 bits per heavy atom. The predicted octanol–water partition coefficient (Wildman–Crippen LogP) is 6.12. The molecule has 1 heterocycles. The first kappa shape index (κ1) is 27.0. The summed E-state index contributed by atoms with van der Waals surface area (Å²) >= 11 is 0. The van der Waals surface area contributed by atoms with Crippen molar-refractivity contribution < 1.29 is 14.3 Å². The van der Waals surface area contributed by atoms with Gasteiger partial charge in [0.2, 0.25) is 0 Å². The molecule has 1 N–H and O–H groups in total. The largest absolute Gasteiger partial charge is 0.423 e. The highest BCUT2D eigenvalue weighted by atomic mass is 16.5. The maximum Gasteiger partial charge on any atom is 0.343 e. The third-order valence-electron chi connectivity index (χ3n) is 7.18. The van der Waals surface area contributed by atoms with Gasteiger partial charge in [-0.15, -0.1) is 0 Å². The van der Waals surface area contributed by atoms with Crippen molar-refractivity contribution in [3.63, 3.8) is 0 Å². The number of benzene rings is 4. The number of hydrazone groups is 1. The van der Waals surface area contributed by atoms with Crippen molar-refractivity contribution in [2.75, 3.05) is 13.1 Å². The molecule has 0 aromatic heterocycles. The van der Waals surface area contributed by atoms with Crippen LogP contribution in [-0.4, -0.2) is 36.1 Å². The molecule has 1 fully saturated rings. The van der Waals surface area contributed by atoms with E-state index in [1.165, 1.54) is 24.0 Å². The number of piperidine rings is 1. The second-order valence-corrected chi connectivity index (χ2v) is 10.1. The fraction of sp³-hybridized carbons (Fsp3) is 0.206. The number of likely N-dealkylation sites (tertiary alicyclic amines) is 1. The second-order valence-electron chi connectivity index (χ2n) is 10.1. The molecule has 5 rings (SSSR count). The molecule has 0 atom stereocenters. The van der Waals surface area contributed by atoms with Gasteiger partial charge in [0.1, 0.15) is 5.75 Å². The lowest BCUT2D eigenvalue weighted by molar-refractivity contribution is 0.0734. The summed E-state index contributed by atoms with van der Waals surface area (Å²) in [5.41, 5.74) is 7.03. The van der Waals surface area contributed by atoms with E-state index in [1.807, 2.05) is 30.3 Å². The molecule has 202 valence electrons. The predicted molar refractivity (Wildman–Crippen MR) is 157 cm³/mol. The summed E-state index contributed by atoms with van der Waals surface area (Å²) in [4.78, 5) is 27.2. The van der Waals surface area contributed by atoms with Gasteiger partial charge < -0.3 is 4.74 Å². The van der Waals surface area contributed by atoms with Crippen LogP contribution in [0.1, 0.15) is 50.2 Å². The molecule has 1 amide bonds. The van der Waals surface area contributed by atoms with Gasteiger partial charge in [0.05, 0.1) is 11.8 Å². The Labute approximate surface area is 235 Å². The number of carbonyl (C=O) groups excluding carboxylic acids is 2. The van der Waals surface area contributed by atoms with E-state index in [2.05, 4.69) is 45.8 Å². The van der Waals surface area contributed by atoms with Gasteiger partial charge in [0.25, 0.3) is 5.91 Å². The Morgan fingerprint density at radius 1 is 0.775 bits per heavy atom. The van der Waals surface area contributed by atoms with E-state index in [9.17, 15) is 9.59 Å². The zero-order valence-electron chi connectivity index (χ0n) is 22.4. The molecule has 0 spiro atoms. The zero-order chi connectivity index (χ0) is 27.6. The summed E-state index contributed by atoms with van der Waals surface area (Å²) < 4.78 is 5.38. The molecular weight excluding hydrogens is 498 g/mol. The van der Waals surface area contributed by atoms with Crippen LogP contribution in [-0.2, 0) is 13.0 Å². The summed E-state index contributed by atoms with van der Waals surface area (Å²) in [5.74, 6) is 0.508. The summed E-state index contributed by atoms with van der Waals surface area (Å²) in [6.07, 6.45) is 5.15. The van der Waals surface area contributed by atoms with Crippen molar-refractivity contribution in [1.82, 2.24) is 10.3 Å². The molecule has 6 nitrogen and oxygen atoms in total. The Bertz CT molecular complexity index is 1410. The number of nitrogens with one attached hydrogen (secondary N) is 1. The van der Waals surface area contributed by atoms with E-state index in [4.69, 9.17) is 4.74 Å². The quantitative estimate of drug-likeness (QED) is 0.122. The molecule has 4 aromatic carbocycles. The lowest BCUT2D eigenvalue weighted by Crippen LogP contribution is -2.33. The van der Waals surface area contributed by atoms with Crippen LogP contribution < -0.4 is 10.2 Å². The molecular formula is C34H33N3O3. The summed E-state index contributed by atoms with van der Waals surface area (Å²) in [6, 6.07) is 34.2. The lowest BCUT2D eigenvalue weighted by atomic mass is 9.90. The third-order valence-corrected chi connectivity index (χ3v) is 7.18. The van der Waals surface area contributed by atoms with E-state index in [0.29, 0.717) is 16.9 Å². The Hall–Kier alpha value is -4.55. The molecule has 0 unspecified atom stereocenters. The van der Waals surface area contributed by atoms with Gasteiger partial charge in [0.15, 0.2) is 0 Å². The number of amides is 1. The molecule has 0 saturated carbocycles. The summed E-state index contributed by atoms with van der Waals surface area (Å²) in [6.45, 7) is 3.10. The molecule has 6 heteroatoms. The third kappa shape index (κ3) is 7.74. The SMILES string of the molecule is O=C(N/N=C\c1ccc(OC(=O)c2ccccc2)cc1)c1ccc(CN2CCC(Cc3ccccc3)CC2)cc1. The van der Waals surface area contributed by atoms with Crippen LogP contribution in [0, 0.1) is 5.92 Å². The van der Waals surface area contributed by atoms with Crippen molar-refractivity contribution in [3.8, 4) is 5.75 Å². The van der Waals surface area contributed by atoms with Crippen LogP contribution >= 0.6 is 0 Å². The van der Waals surface area contributed by atoms with Gasteiger partial charge in [-0.05, 0) is 103 Å². The van der Waals surface area contributed by atoms with Gasteiger partial charge in [-0.25, -0.2) is 10.2 Å². The van der Waals surface area contributed by atoms with E-state index >= 15 is 0 Å². The molecule has 4 aromatic rings. The van der Waals surface area contributed by atoms with E-state index in [1.54, 1.807) is 54.7 Å². The van der Waals surface area contributed by atoms with Crippen molar-refractivity contribution in [2.24, 2.45) is 11.0 Å². The first-order valence-corrected chi connectivity index (χ1v) is 13.7. The van der Waals surface area contributed by atoms with Crippen molar-refractivity contribution in [2.45, 2.75) is 25.8 Å².